The Labute approximate surface area is 131 Å². The van der Waals surface area contributed by atoms with Crippen molar-refractivity contribution in [3.8, 4) is 11.5 Å². The normalized spacial score (nSPS) is 10.6. The van der Waals surface area contributed by atoms with E-state index in [1.54, 1.807) is 18.2 Å². The maximum Gasteiger partial charge on any atom is 0.141 e. The van der Waals surface area contributed by atoms with Gasteiger partial charge in [0.15, 0.2) is 0 Å². The van der Waals surface area contributed by atoms with Crippen LogP contribution in [0.5, 0.6) is 11.5 Å². The molecule has 0 heterocycles. The molecule has 2 aromatic rings. The molecule has 20 heavy (non-hydrogen) atoms. The molecule has 2 rings (SSSR count). The molecular formula is C15H14BrClFNO. The Hall–Kier alpha value is -1.10. The Kier molecular flexibility index (Phi) is 5.40. The minimum atomic E-state index is -0.364. The van der Waals surface area contributed by atoms with Crippen LogP contribution in [0, 0.1) is 5.82 Å². The van der Waals surface area contributed by atoms with E-state index in [2.05, 4.69) is 21.2 Å². The minimum Gasteiger partial charge on any atom is -0.457 e. The first-order valence-corrected chi connectivity index (χ1v) is 7.39. The van der Waals surface area contributed by atoms with Crippen LogP contribution in [0.4, 0.5) is 4.39 Å². The molecule has 0 bridgehead atoms. The summed E-state index contributed by atoms with van der Waals surface area (Å²) in [6, 6.07) is 10.1. The summed E-state index contributed by atoms with van der Waals surface area (Å²) in [6.45, 7) is 3.63. The molecule has 5 heteroatoms. The van der Waals surface area contributed by atoms with Crippen LogP contribution in [0.3, 0.4) is 0 Å². The number of hydrogen-bond donors (Lipinski definition) is 1. The summed E-state index contributed by atoms with van der Waals surface area (Å²) in [5.74, 6) is 0.649. The zero-order valence-electron chi connectivity index (χ0n) is 10.9. The minimum absolute atomic E-state index is 0.364. The van der Waals surface area contributed by atoms with Gasteiger partial charge in [-0.05, 0) is 52.3 Å². The second-order valence-corrected chi connectivity index (χ2v) is 5.47. The van der Waals surface area contributed by atoms with Crippen molar-refractivity contribution < 1.29 is 9.13 Å². The zero-order chi connectivity index (χ0) is 14.5. The number of nitrogens with one attached hydrogen (secondary N) is 1. The third kappa shape index (κ3) is 3.95. The maximum atomic E-state index is 13.4. The van der Waals surface area contributed by atoms with Crippen LogP contribution in [0.1, 0.15) is 12.5 Å². The molecule has 0 spiro atoms. The molecule has 0 atom stereocenters. The molecule has 2 aromatic carbocycles. The fourth-order valence-corrected chi connectivity index (χ4v) is 2.15. The van der Waals surface area contributed by atoms with Gasteiger partial charge in [-0.15, -0.1) is 0 Å². The first-order chi connectivity index (χ1) is 9.60. The molecular weight excluding hydrogens is 345 g/mol. The fourth-order valence-electron chi connectivity index (χ4n) is 1.67. The number of benzene rings is 2. The van der Waals surface area contributed by atoms with Crippen LogP contribution in [0.25, 0.3) is 0 Å². The summed E-state index contributed by atoms with van der Waals surface area (Å²) in [6.07, 6.45) is 0. The van der Waals surface area contributed by atoms with Gasteiger partial charge < -0.3 is 10.1 Å². The lowest BCUT2D eigenvalue weighted by molar-refractivity contribution is 0.476. The second kappa shape index (κ2) is 7.07. The van der Waals surface area contributed by atoms with E-state index < -0.39 is 0 Å². The summed E-state index contributed by atoms with van der Waals surface area (Å²) >= 11 is 9.29. The summed E-state index contributed by atoms with van der Waals surface area (Å²) in [5, 5.41) is 3.83. The molecule has 1 N–H and O–H groups in total. The average molecular weight is 359 g/mol. The third-order valence-electron chi connectivity index (χ3n) is 2.72. The van der Waals surface area contributed by atoms with Gasteiger partial charge >= 0.3 is 0 Å². The van der Waals surface area contributed by atoms with Crippen molar-refractivity contribution in [1.82, 2.24) is 5.32 Å². The van der Waals surface area contributed by atoms with Crippen molar-refractivity contribution in [2.24, 2.45) is 0 Å². The van der Waals surface area contributed by atoms with E-state index in [1.807, 2.05) is 19.1 Å². The van der Waals surface area contributed by atoms with Gasteiger partial charge in [0.25, 0.3) is 0 Å². The summed E-state index contributed by atoms with van der Waals surface area (Å²) in [4.78, 5) is 0. The monoisotopic (exact) mass is 357 g/mol. The molecule has 106 valence electrons. The highest BCUT2D eigenvalue weighted by Gasteiger charge is 2.05. The number of halogens is 3. The smallest absolute Gasteiger partial charge is 0.141 e. The Morgan fingerprint density at radius 1 is 1.20 bits per heavy atom. The van der Waals surface area contributed by atoms with Crippen molar-refractivity contribution in [1.29, 1.82) is 0 Å². The van der Waals surface area contributed by atoms with Crippen molar-refractivity contribution in [2.75, 3.05) is 6.54 Å². The van der Waals surface area contributed by atoms with Gasteiger partial charge in [-0.1, -0.05) is 24.6 Å². The van der Waals surface area contributed by atoms with E-state index in [4.69, 9.17) is 16.3 Å². The lowest BCUT2D eigenvalue weighted by Crippen LogP contribution is -2.11. The lowest BCUT2D eigenvalue weighted by atomic mass is 10.2. The number of ether oxygens (including phenoxy) is 1. The average Bonchev–Trinajstić information content (AvgIpc) is 2.42. The van der Waals surface area contributed by atoms with Crippen molar-refractivity contribution in [2.45, 2.75) is 13.5 Å². The largest absolute Gasteiger partial charge is 0.457 e. The van der Waals surface area contributed by atoms with Gasteiger partial charge in [0, 0.05) is 17.6 Å². The van der Waals surface area contributed by atoms with E-state index in [0.29, 0.717) is 27.5 Å². The molecule has 0 aliphatic rings. The molecule has 0 aromatic heterocycles. The lowest BCUT2D eigenvalue weighted by Gasteiger charge is -2.09. The second-order valence-electron chi connectivity index (χ2n) is 4.21. The van der Waals surface area contributed by atoms with E-state index >= 15 is 0 Å². The van der Waals surface area contributed by atoms with Gasteiger partial charge in [0.05, 0.1) is 4.47 Å². The molecule has 2 nitrogen and oxygen atoms in total. The molecule has 0 unspecified atom stereocenters. The van der Waals surface area contributed by atoms with Crippen LogP contribution in [0.15, 0.2) is 40.9 Å². The van der Waals surface area contributed by atoms with Crippen LogP contribution < -0.4 is 10.1 Å². The van der Waals surface area contributed by atoms with Crippen LogP contribution in [0.2, 0.25) is 5.02 Å². The predicted molar refractivity (Wildman–Crippen MR) is 83.0 cm³/mol. The quantitative estimate of drug-likeness (QED) is 0.798. The molecule has 0 saturated heterocycles. The van der Waals surface area contributed by atoms with E-state index in [9.17, 15) is 4.39 Å². The maximum absolute atomic E-state index is 13.4. The summed E-state index contributed by atoms with van der Waals surface area (Å²) in [5.41, 5.74) is 1.00. The molecule has 0 aliphatic heterocycles. The predicted octanol–water partition coefficient (Wildman–Crippen LogP) is 5.14. The van der Waals surface area contributed by atoms with Crippen molar-refractivity contribution >= 4 is 27.5 Å². The summed E-state index contributed by atoms with van der Waals surface area (Å²) < 4.78 is 19.4. The highest BCUT2D eigenvalue weighted by Crippen LogP contribution is 2.28. The first-order valence-electron chi connectivity index (χ1n) is 6.22. The van der Waals surface area contributed by atoms with Gasteiger partial charge in [0.1, 0.15) is 17.3 Å². The standard InChI is InChI=1S/C15H14BrClFNO/c1-2-19-9-10-3-4-11(7-14(10)17)20-12-5-6-13(16)15(18)8-12/h3-8,19H,2,9H2,1H3. The highest BCUT2D eigenvalue weighted by molar-refractivity contribution is 9.10. The Morgan fingerprint density at radius 3 is 2.55 bits per heavy atom. The number of hydrogen-bond acceptors (Lipinski definition) is 2. The van der Waals surface area contributed by atoms with Gasteiger partial charge in [-0.2, -0.15) is 0 Å². The Morgan fingerprint density at radius 2 is 1.90 bits per heavy atom. The van der Waals surface area contributed by atoms with Crippen molar-refractivity contribution in [3.63, 3.8) is 0 Å². The number of rotatable bonds is 5. The fraction of sp³-hybridized carbons (Fsp3) is 0.200. The molecule has 0 amide bonds. The Balaban J connectivity index is 2.13. The van der Waals surface area contributed by atoms with E-state index in [1.165, 1.54) is 6.07 Å². The zero-order valence-corrected chi connectivity index (χ0v) is 13.3. The first kappa shape index (κ1) is 15.3. The molecule has 0 fully saturated rings. The third-order valence-corrected chi connectivity index (χ3v) is 3.71. The van der Waals surface area contributed by atoms with E-state index in [0.717, 1.165) is 12.1 Å². The van der Waals surface area contributed by atoms with Crippen LogP contribution in [-0.4, -0.2) is 6.54 Å². The molecule has 0 aliphatic carbocycles. The van der Waals surface area contributed by atoms with Gasteiger partial charge in [-0.25, -0.2) is 4.39 Å². The highest BCUT2D eigenvalue weighted by atomic mass is 79.9. The topological polar surface area (TPSA) is 21.3 Å². The summed E-state index contributed by atoms with van der Waals surface area (Å²) in [7, 11) is 0. The van der Waals surface area contributed by atoms with Crippen LogP contribution in [-0.2, 0) is 6.54 Å². The van der Waals surface area contributed by atoms with Crippen LogP contribution >= 0.6 is 27.5 Å². The van der Waals surface area contributed by atoms with Gasteiger partial charge in [-0.3, -0.25) is 0 Å². The van der Waals surface area contributed by atoms with Crippen molar-refractivity contribution in [3.05, 3.63) is 57.3 Å². The molecule has 0 radical (unpaired) electrons. The van der Waals surface area contributed by atoms with Gasteiger partial charge in [0.2, 0.25) is 0 Å². The van der Waals surface area contributed by atoms with E-state index in [-0.39, 0.29) is 5.82 Å². The SMILES string of the molecule is CCNCc1ccc(Oc2ccc(Br)c(F)c2)cc1Cl. The molecule has 0 saturated carbocycles. The Bertz CT molecular complexity index is 606.